The van der Waals surface area contributed by atoms with Crippen molar-refractivity contribution in [1.29, 1.82) is 0 Å². The maximum Gasteiger partial charge on any atom is 0.251 e. The molecule has 2 atom stereocenters. The second-order valence-electron chi connectivity index (χ2n) is 7.53. The summed E-state index contributed by atoms with van der Waals surface area (Å²) in [7, 11) is 1.67. The molecule has 1 aromatic carbocycles. The van der Waals surface area contributed by atoms with Crippen LogP contribution >= 0.6 is 0 Å². The highest BCUT2D eigenvalue weighted by Crippen LogP contribution is 2.27. The fourth-order valence-corrected chi connectivity index (χ4v) is 3.77. The van der Waals surface area contributed by atoms with E-state index in [-0.39, 0.29) is 13.4 Å². The summed E-state index contributed by atoms with van der Waals surface area (Å²) < 4.78 is 5.32. The lowest BCUT2D eigenvalue weighted by molar-refractivity contribution is -0.124. The van der Waals surface area contributed by atoms with E-state index in [1.807, 2.05) is 50.9 Å². The van der Waals surface area contributed by atoms with Gasteiger partial charge in [-0.25, -0.2) is 0 Å². The Morgan fingerprint density at radius 3 is 2.72 bits per heavy atom. The summed E-state index contributed by atoms with van der Waals surface area (Å²) in [5.74, 6) is 1.38. The first-order chi connectivity index (χ1) is 14.0. The van der Waals surface area contributed by atoms with Crippen LogP contribution < -0.4 is 10.1 Å². The van der Waals surface area contributed by atoms with Crippen molar-refractivity contribution in [3.8, 4) is 5.75 Å². The highest BCUT2D eigenvalue weighted by Gasteiger charge is 2.23. The van der Waals surface area contributed by atoms with Gasteiger partial charge in [0, 0.05) is 20.2 Å². The van der Waals surface area contributed by atoms with E-state index in [0.717, 1.165) is 35.5 Å². The van der Waals surface area contributed by atoms with E-state index in [4.69, 9.17) is 4.74 Å². The summed E-state index contributed by atoms with van der Waals surface area (Å²) in [5, 5.41) is 3.46. The van der Waals surface area contributed by atoms with Crippen LogP contribution in [-0.4, -0.2) is 37.0 Å². The van der Waals surface area contributed by atoms with Gasteiger partial charge >= 0.3 is 0 Å². The van der Waals surface area contributed by atoms with Crippen LogP contribution in [0, 0.1) is 12.8 Å². The Hall–Kier alpha value is -2.33. The van der Waals surface area contributed by atoms with E-state index in [2.05, 4.69) is 30.5 Å². The second-order valence-corrected chi connectivity index (χ2v) is 7.53. The van der Waals surface area contributed by atoms with Gasteiger partial charge in [0.15, 0.2) is 0 Å². The van der Waals surface area contributed by atoms with Crippen molar-refractivity contribution < 1.29 is 11.0 Å². The van der Waals surface area contributed by atoms with Gasteiger partial charge < -0.3 is 15.0 Å². The Balaban J connectivity index is 0.00000146. The zero-order valence-corrected chi connectivity index (χ0v) is 18.8. The summed E-state index contributed by atoms with van der Waals surface area (Å²) in [5.41, 5.74) is 4.32. The number of nitrogens with one attached hydrogen (secondary N) is 1. The third kappa shape index (κ3) is 5.83. The first kappa shape index (κ1) is 23.0. The lowest BCUT2D eigenvalue weighted by Crippen LogP contribution is -2.36. The lowest BCUT2D eigenvalue weighted by atomic mass is 9.90. The van der Waals surface area contributed by atoms with Crippen molar-refractivity contribution in [2.24, 2.45) is 5.92 Å². The zero-order chi connectivity index (χ0) is 21.4. The molecular weight excluding hydrogens is 360 g/mol. The summed E-state index contributed by atoms with van der Waals surface area (Å²) in [6.07, 6.45) is 10.5. The van der Waals surface area contributed by atoms with Crippen molar-refractivity contribution in [3.05, 3.63) is 59.3 Å². The molecule has 0 bridgehead atoms. The molecule has 0 radical (unpaired) electrons. The fourth-order valence-electron chi connectivity index (χ4n) is 3.77. The van der Waals surface area contributed by atoms with Crippen LogP contribution in [0.5, 0.6) is 5.75 Å². The van der Waals surface area contributed by atoms with Crippen LogP contribution in [0.25, 0.3) is 5.57 Å². The van der Waals surface area contributed by atoms with Crippen LogP contribution in [0.15, 0.2) is 48.2 Å². The largest absolute Gasteiger partial charge is 0.496 e. The molecule has 2 aliphatic heterocycles. The molecule has 1 saturated heterocycles. The van der Waals surface area contributed by atoms with Gasteiger partial charge in [0.2, 0.25) is 0 Å². The topological polar surface area (TPSA) is 41.6 Å². The molecule has 1 fully saturated rings. The number of allylic oxidation sites excluding steroid dienone is 2. The Morgan fingerprint density at radius 2 is 2.10 bits per heavy atom. The van der Waals surface area contributed by atoms with Crippen LogP contribution in [0.3, 0.4) is 0 Å². The van der Waals surface area contributed by atoms with Crippen molar-refractivity contribution in [2.75, 3.05) is 20.2 Å². The molecule has 0 aromatic heterocycles. The minimum atomic E-state index is 0. The SMILES string of the molecule is CC.COc1ccc(/C(C)=C/C(=O)N2C=C(C3CCCNC3)C=CC2C)cc1C.[HH]. The number of carbonyl (C=O) groups excluding carboxylic acids is 1. The van der Waals surface area contributed by atoms with E-state index in [0.29, 0.717) is 5.92 Å². The molecule has 1 N–H and O–H groups in total. The first-order valence-corrected chi connectivity index (χ1v) is 10.8. The lowest BCUT2D eigenvalue weighted by Gasteiger charge is -2.31. The standard InChI is InChI=1S/C23H30N2O2.C2H6.H2/c1-16(19-9-10-22(27-4)17(2)12-19)13-23(26)25-15-21(8-7-18(25)3)20-6-5-11-24-14-20;1-2;/h7-10,12-13,15,18,20,24H,5-6,11,14H2,1-4H3;1-2H3;1H/b16-13+;;. The Kier molecular flexibility index (Phi) is 8.71. The number of rotatable bonds is 4. The molecule has 1 amide bonds. The van der Waals surface area contributed by atoms with Gasteiger partial charge in [0.05, 0.1) is 13.2 Å². The van der Waals surface area contributed by atoms with Crippen molar-refractivity contribution in [3.63, 3.8) is 0 Å². The van der Waals surface area contributed by atoms with Crippen molar-refractivity contribution in [2.45, 2.75) is 53.5 Å². The monoisotopic (exact) mass is 398 g/mol. The molecule has 160 valence electrons. The second kappa shape index (κ2) is 11.0. The number of piperidine rings is 1. The number of carbonyl (C=O) groups is 1. The van der Waals surface area contributed by atoms with Crippen LogP contribution in [0.1, 0.15) is 53.1 Å². The van der Waals surface area contributed by atoms with Gasteiger partial charge in [-0.3, -0.25) is 4.79 Å². The molecule has 29 heavy (non-hydrogen) atoms. The maximum atomic E-state index is 13.0. The molecule has 1 aromatic rings. The van der Waals surface area contributed by atoms with E-state index in [1.54, 1.807) is 13.2 Å². The molecule has 0 spiro atoms. The zero-order valence-electron chi connectivity index (χ0n) is 18.8. The van der Waals surface area contributed by atoms with E-state index in [9.17, 15) is 4.79 Å². The Labute approximate surface area is 177 Å². The van der Waals surface area contributed by atoms with E-state index < -0.39 is 0 Å². The van der Waals surface area contributed by atoms with Crippen molar-refractivity contribution in [1.82, 2.24) is 10.2 Å². The molecule has 2 heterocycles. The molecule has 4 nitrogen and oxygen atoms in total. The maximum absolute atomic E-state index is 13.0. The number of hydrogen-bond donors (Lipinski definition) is 1. The minimum absolute atomic E-state index is 0. The summed E-state index contributed by atoms with van der Waals surface area (Å²) in [6.45, 7) is 12.1. The third-order valence-electron chi connectivity index (χ3n) is 5.51. The Bertz CT molecular complexity index is 792. The number of methoxy groups -OCH3 is 1. The van der Waals surface area contributed by atoms with Gasteiger partial charge in [0.1, 0.15) is 5.75 Å². The molecule has 0 saturated carbocycles. The number of ether oxygens (including phenoxy) is 1. The number of aryl methyl sites for hydroxylation is 1. The fraction of sp³-hybridized carbons (Fsp3) is 0.480. The summed E-state index contributed by atoms with van der Waals surface area (Å²) >= 11 is 0. The predicted octanol–water partition coefficient (Wildman–Crippen LogP) is 5.35. The highest BCUT2D eigenvalue weighted by molar-refractivity contribution is 5.96. The molecule has 0 aliphatic carbocycles. The number of benzene rings is 1. The highest BCUT2D eigenvalue weighted by atomic mass is 16.5. The van der Waals surface area contributed by atoms with Crippen LogP contribution in [0.4, 0.5) is 0 Å². The van der Waals surface area contributed by atoms with Gasteiger partial charge in [-0.05, 0) is 80.5 Å². The Morgan fingerprint density at radius 1 is 1.34 bits per heavy atom. The quantitative estimate of drug-likeness (QED) is 0.695. The van der Waals surface area contributed by atoms with Gasteiger partial charge in [-0.2, -0.15) is 0 Å². The first-order valence-electron chi connectivity index (χ1n) is 10.8. The van der Waals surface area contributed by atoms with E-state index >= 15 is 0 Å². The molecule has 2 unspecified atom stereocenters. The van der Waals surface area contributed by atoms with Crippen LogP contribution in [-0.2, 0) is 4.79 Å². The van der Waals surface area contributed by atoms with Gasteiger partial charge in [-0.15, -0.1) is 0 Å². The molecule has 2 aliphatic rings. The normalized spacial score (nSPS) is 21.8. The number of amides is 1. The summed E-state index contributed by atoms with van der Waals surface area (Å²) in [6, 6.07) is 6.08. The van der Waals surface area contributed by atoms with Crippen LogP contribution in [0.2, 0.25) is 0 Å². The average Bonchev–Trinajstić information content (AvgIpc) is 2.76. The van der Waals surface area contributed by atoms with Gasteiger partial charge in [-0.1, -0.05) is 32.1 Å². The molecule has 4 heteroatoms. The summed E-state index contributed by atoms with van der Waals surface area (Å²) in [4.78, 5) is 14.8. The van der Waals surface area contributed by atoms with Crippen molar-refractivity contribution >= 4 is 11.5 Å². The predicted molar refractivity (Wildman–Crippen MR) is 124 cm³/mol. The molecule has 3 rings (SSSR count). The number of hydrogen-bond acceptors (Lipinski definition) is 3. The minimum Gasteiger partial charge on any atom is -0.496 e. The average molecular weight is 399 g/mol. The van der Waals surface area contributed by atoms with E-state index in [1.165, 1.54) is 18.4 Å². The smallest absolute Gasteiger partial charge is 0.251 e. The third-order valence-corrected chi connectivity index (χ3v) is 5.51. The molecular formula is C25H38N2O2. The van der Waals surface area contributed by atoms with Gasteiger partial charge in [0.25, 0.3) is 5.91 Å². The number of nitrogens with zero attached hydrogens (tertiary/aromatic N) is 1.